The van der Waals surface area contributed by atoms with Gasteiger partial charge in [-0.1, -0.05) is 30.3 Å². The molecule has 1 aliphatic heterocycles. The van der Waals surface area contributed by atoms with E-state index in [0.29, 0.717) is 12.5 Å². The van der Waals surface area contributed by atoms with Gasteiger partial charge in [-0.05, 0) is 37.7 Å². The highest BCUT2D eigenvalue weighted by Crippen LogP contribution is 2.28. The molecule has 0 spiro atoms. The smallest absolute Gasteiger partial charge is 0.108 e. The van der Waals surface area contributed by atoms with Crippen LogP contribution in [0.15, 0.2) is 30.3 Å². The first-order valence-corrected chi connectivity index (χ1v) is 7.23. The predicted molar refractivity (Wildman–Crippen MR) is 75.0 cm³/mol. The molecule has 106 valence electrons. The summed E-state index contributed by atoms with van der Waals surface area (Å²) in [5.41, 5.74) is 1.06. The molecule has 0 aliphatic carbocycles. The van der Waals surface area contributed by atoms with Crippen molar-refractivity contribution in [3.05, 3.63) is 35.9 Å². The number of benzene rings is 1. The number of hydrogen-bond donors (Lipinski definition) is 1. The van der Waals surface area contributed by atoms with Crippen molar-refractivity contribution < 1.29 is 14.6 Å². The number of hydrogen-bond acceptors (Lipinski definition) is 3. The van der Waals surface area contributed by atoms with E-state index in [9.17, 15) is 5.11 Å². The minimum Gasteiger partial charge on any atom is -0.390 e. The van der Waals surface area contributed by atoms with Crippen molar-refractivity contribution in [1.82, 2.24) is 0 Å². The standard InChI is InChI=1S/C16H24O3/c1-2-19-16(14-6-4-3-5-7-14)15(17)12-13-8-10-18-11-9-13/h3-7,13,15-17H,2,8-12H2,1H3. The van der Waals surface area contributed by atoms with Crippen molar-refractivity contribution in [2.75, 3.05) is 19.8 Å². The lowest BCUT2D eigenvalue weighted by Gasteiger charge is -2.29. The van der Waals surface area contributed by atoms with Gasteiger partial charge in [-0.15, -0.1) is 0 Å². The summed E-state index contributed by atoms with van der Waals surface area (Å²) in [6, 6.07) is 10.0. The Morgan fingerprint density at radius 2 is 1.95 bits per heavy atom. The van der Waals surface area contributed by atoms with Crippen LogP contribution in [0.3, 0.4) is 0 Å². The van der Waals surface area contributed by atoms with Crippen molar-refractivity contribution in [2.24, 2.45) is 5.92 Å². The second kappa shape index (κ2) is 7.63. The maximum atomic E-state index is 10.5. The topological polar surface area (TPSA) is 38.7 Å². The first-order valence-electron chi connectivity index (χ1n) is 7.23. The fraction of sp³-hybridized carbons (Fsp3) is 0.625. The Bertz CT molecular complexity index is 346. The lowest BCUT2D eigenvalue weighted by molar-refractivity contribution is -0.0518. The average Bonchev–Trinajstić information content (AvgIpc) is 2.46. The zero-order chi connectivity index (χ0) is 13.5. The van der Waals surface area contributed by atoms with Crippen LogP contribution in [0.4, 0.5) is 0 Å². The lowest BCUT2D eigenvalue weighted by Crippen LogP contribution is -2.27. The van der Waals surface area contributed by atoms with Gasteiger partial charge in [0.05, 0.1) is 6.10 Å². The van der Waals surface area contributed by atoms with Gasteiger partial charge in [-0.2, -0.15) is 0 Å². The largest absolute Gasteiger partial charge is 0.390 e. The maximum absolute atomic E-state index is 10.5. The highest BCUT2D eigenvalue weighted by molar-refractivity contribution is 5.18. The molecule has 1 aliphatic rings. The number of aliphatic hydroxyl groups is 1. The normalized spacial score (nSPS) is 20.1. The molecule has 0 radical (unpaired) electrons. The Labute approximate surface area is 115 Å². The Morgan fingerprint density at radius 1 is 1.26 bits per heavy atom. The summed E-state index contributed by atoms with van der Waals surface area (Å²) in [7, 11) is 0. The summed E-state index contributed by atoms with van der Waals surface area (Å²) in [4.78, 5) is 0. The van der Waals surface area contributed by atoms with E-state index in [1.165, 1.54) is 0 Å². The third kappa shape index (κ3) is 4.30. The molecule has 1 aromatic rings. The Hall–Kier alpha value is -0.900. The maximum Gasteiger partial charge on any atom is 0.108 e. The van der Waals surface area contributed by atoms with Crippen LogP contribution in [0.25, 0.3) is 0 Å². The van der Waals surface area contributed by atoms with Crippen LogP contribution in [-0.2, 0) is 9.47 Å². The van der Waals surface area contributed by atoms with Crippen LogP contribution < -0.4 is 0 Å². The van der Waals surface area contributed by atoms with Crippen molar-refractivity contribution in [2.45, 2.75) is 38.4 Å². The third-order valence-corrected chi connectivity index (χ3v) is 3.74. The Morgan fingerprint density at radius 3 is 2.58 bits per heavy atom. The molecule has 1 aromatic carbocycles. The van der Waals surface area contributed by atoms with Crippen molar-refractivity contribution in [3.63, 3.8) is 0 Å². The minimum absolute atomic E-state index is 0.214. The van der Waals surface area contributed by atoms with Crippen molar-refractivity contribution in [1.29, 1.82) is 0 Å². The first-order chi connectivity index (χ1) is 9.31. The van der Waals surface area contributed by atoms with Gasteiger partial charge in [0.1, 0.15) is 6.10 Å². The number of ether oxygens (including phenoxy) is 2. The van der Waals surface area contributed by atoms with Crippen molar-refractivity contribution in [3.8, 4) is 0 Å². The fourth-order valence-corrected chi connectivity index (χ4v) is 2.70. The van der Waals surface area contributed by atoms with Gasteiger partial charge in [0.2, 0.25) is 0 Å². The van der Waals surface area contributed by atoms with Gasteiger partial charge in [0, 0.05) is 19.8 Å². The molecule has 0 aromatic heterocycles. The van der Waals surface area contributed by atoms with E-state index in [-0.39, 0.29) is 6.10 Å². The van der Waals surface area contributed by atoms with Crippen molar-refractivity contribution >= 4 is 0 Å². The van der Waals surface area contributed by atoms with Crippen LogP contribution in [0.1, 0.15) is 37.9 Å². The SMILES string of the molecule is CCOC(c1ccccc1)C(O)CC1CCOCC1. The van der Waals surface area contributed by atoms with E-state index < -0.39 is 6.10 Å². The molecule has 2 unspecified atom stereocenters. The summed E-state index contributed by atoms with van der Waals surface area (Å²) < 4.78 is 11.1. The molecule has 19 heavy (non-hydrogen) atoms. The lowest BCUT2D eigenvalue weighted by atomic mass is 9.90. The highest BCUT2D eigenvalue weighted by Gasteiger charge is 2.25. The van der Waals surface area contributed by atoms with Crippen LogP contribution in [0, 0.1) is 5.92 Å². The minimum atomic E-state index is -0.439. The monoisotopic (exact) mass is 264 g/mol. The van der Waals surface area contributed by atoms with Gasteiger partial charge in [0.25, 0.3) is 0 Å². The van der Waals surface area contributed by atoms with E-state index >= 15 is 0 Å². The third-order valence-electron chi connectivity index (χ3n) is 3.74. The van der Waals surface area contributed by atoms with E-state index in [2.05, 4.69) is 0 Å². The first kappa shape index (κ1) is 14.5. The number of rotatable bonds is 6. The number of aliphatic hydroxyl groups excluding tert-OH is 1. The summed E-state index contributed by atoms with van der Waals surface area (Å²) in [5.74, 6) is 0.551. The molecule has 1 N–H and O–H groups in total. The zero-order valence-electron chi connectivity index (χ0n) is 11.6. The quantitative estimate of drug-likeness (QED) is 0.858. The molecule has 2 rings (SSSR count). The Balaban J connectivity index is 1.97. The summed E-state index contributed by atoms with van der Waals surface area (Å²) >= 11 is 0. The molecular formula is C16H24O3. The van der Waals surface area contributed by atoms with Crippen LogP contribution in [-0.4, -0.2) is 31.0 Å². The second-order valence-electron chi connectivity index (χ2n) is 5.15. The Kier molecular flexibility index (Phi) is 5.83. The fourth-order valence-electron chi connectivity index (χ4n) is 2.70. The average molecular weight is 264 g/mol. The molecule has 3 heteroatoms. The molecule has 3 nitrogen and oxygen atoms in total. The van der Waals surface area contributed by atoms with E-state index in [1.807, 2.05) is 37.3 Å². The van der Waals surface area contributed by atoms with Gasteiger partial charge < -0.3 is 14.6 Å². The molecular weight excluding hydrogens is 240 g/mol. The molecule has 1 saturated heterocycles. The summed E-state index contributed by atoms with van der Waals surface area (Å²) in [5, 5.41) is 10.5. The molecule has 0 bridgehead atoms. The molecule has 1 fully saturated rings. The van der Waals surface area contributed by atoms with E-state index in [0.717, 1.165) is 38.0 Å². The van der Waals surface area contributed by atoms with E-state index in [4.69, 9.17) is 9.47 Å². The summed E-state index contributed by atoms with van der Waals surface area (Å²) in [6.45, 7) is 4.23. The van der Waals surface area contributed by atoms with Crippen LogP contribution >= 0.6 is 0 Å². The van der Waals surface area contributed by atoms with Crippen LogP contribution in [0.5, 0.6) is 0 Å². The summed E-state index contributed by atoms with van der Waals surface area (Å²) in [6.07, 6.45) is 2.23. The zero-order valence-corrected chi connectivity index (χ0v) is 11.6. The molecule has 2 atom stereocenters. The molecule has 1 heterocycles. The van der Waals surface area contributed by atoms with Gasteiger partial charge in [-0.25, -0.2) is 0 Å². The highest BCUT2D eigenvalue weighted by atomic mass is 16.5. The van der Waals surface area contributed by atoms with Gasteiger partial charge in [-0.3, -0.25) is 0 Å². The van der Waals surface area contributed by atoms with Gasteiger partial charge >= 0.3 is 0 Å². The molecule has 0 saturated carbocycles. The predicted octanol–water partition coefficient (Wildman–Crippen LogP) is 2.94. The second-order valence-corrected chi connectivity index (χ2v) is 5.15. The molecule has 0 amide bonds. The van der Waals surface area contributed by atoms with Crippen LogP contribution in [0.2, 0.25) is 0 Å². The van der Waals surface area contributed by atoms with E-state index in [1.54, 1.807) is 0 Å². The van der Waals surface area contributed by atoms with Gasteiger partial charge in [0.15, 0.2) is 0 Å².